The number of halogens is 1. The summed E-state index contributed by atoms with van der Waals surface area (Å²) in [5, 5.41) is 7.01. The minimum Gasteiger partial charge on any atom is -0.444 e. The number of hydrogen-bond donors (Lipinski definition) is 1. The molecule has 1 N–H and O–H groups in total. The lowest BCUT2D eigenvalue weighted by Crippen LogP contribution is -2.17. The number of carbonyl (C=O) groups excluding carboxylic acids is 1. The summed E-state index contributed by atoms with van der Waals surface area (Å²) in [5.41, 5.74) is 1.60. The van der Waals surface area contributed by atoms with Gasteiger partial charge in [-0.3, -0.25) is 5.32 Å². The van der Waals surface area contributed by atoms with Crippen molar-refractivity contribution in [2.45, 2.75) is 13.5 Å². The van der Waals surface area contributed by atoms with Crippen LogP contribution in [-0.4, -0.2) is 25.8 Å². The standard InChI is InChI=1S/C16H14BrN5O2/c1-11-13(17)14(22(21-11)15-18-8-5-9-19-15)20-16(23)24-10-12-6-3-2-4-7-12/h2-9H,10H2,1H3,(H,20,23). The first-order valence-corrected chi connectivity index (χ1v) is 7.94. The Bertz CT molecular complexity index is 836. The second-order valence-electron chi connectivity index (χ2n) is 4.90. The lowest BCUT2D eigenvalue weighted by atomic mass is 10.2. The molecule has 0 atom stereocenters. The number of carbonyl (C=O) groups is 1. The number of ether oxygens (including phenoxy) is 1. The van der Waals surface area contributed by atoms with Gasteiger partial charge in [-0.25, -0.2) is 14.8 Å². The Morgan fingerprint density at radius 2 is 1.92 bits per heavy atom. The summed E-state index contributed by atoms with van der Waals surface area (Å²) < 4.78 is 7.33. The van der Waals surface area contributed by atoms with Crippen LogP contribution in [0.25, 0.3) is 5.95 Å². The molecule has 0 radical (unpaired) electrons. The summed E-state index contributed by atoms with van der Waals surface area (Å²) in [5.74, 6) is 0.765. The van der Waals surface area contributed by atoms with Gasteiger partial charge in [-0.15, -0.1) is 0 Å². The number of nitrogens with one attached hydrogen (secondary N) is 1. The van der Waals surface area contributed by atoms with E-state index in [-0.39, 0.29) is 6.61 Å². The van der Waals surface area contributed by atoms with Gasteiger partial charge in [0.05, 0.1) is 10.2 Å². The Balaban J connectivity index is 1.76. The normalized spacial score (nSPS) is 10.4. The van der Waals surface area contributed by atoms with E-state index in [0.29, 0.717) is 21.9 Å². The molecule has 0 aliphatic heterocycles. The third-order valence-corrected chi connectivity index (χ3v) is 4.11. The van der Waals surface area contributed by atoms with Crippen molar-refractivity contribution < 1.29 is 9.53 Å². The third-order valence-electron chi connectivity index (χ3n) is 3.16. The number of rotatable bonds is 4. The summed E-state index contributed by atoms with van der Waals surface area (Å²) >= 11 is 3.41. The number of nitrogens with zero attached hydrogens (tertiary/aromatic N) is 4. The number of amides is 1. The van der Waals surface area contributed by atoms with Crippen molar-refractivity contribution in [3.8, 4) is 5.95 Å². The Labute approximate surface area is 146 Å². The van der Waals surface area contributed by atoms with Gasteiger partial charge in [0.15, 0.2) is 5.82 Å². The fraction of sp³-hybridized carbons (Fsp3) is 0.125. The number of aryl methyl sites for hydroxylation is 1. The fourth-order valence-electron chi connectivity index (χ4n) is 2.02. The van der Waals surface area contributed by atoms with Gasteiger partial charge in [0.25, 0.3) is 5.95 Å². The highest BCUT2D eigenvalue weighted by molar-refractivity contribution is 9.10. The minimum atomic E-state index is -0.586. The van der Waals surface area contributed by atoms with E-state index in [1.54, 1.807) is 18.5 Å². The highest BCUT2D eigenvalue weighted by Crippen LogP contribution is 2.27. The smallest absolute Gasteiger partial charge is 0.413 e. The molecule has 1 aromatic carbocycles. The van der Waals surface area contributed by atoms with Crippen molar-refractivity contribution >= 4 is 27.8 Å². The molecule has 1 amide bonds. The number of anilines is 1. The topological polar surface area (TPSA) is 81.9 Å². The van der Waals surface area contributed by atoms with Crippen LogP contribution in [-0.2, 0) is 11.3 Å². The van der Waals surface area contributed by atoms with E-state index in [1.165, 1.54) is 4.68 Å². The van der Waals surface area contributed by atoms with Gasteiger partial charge in [0.2, 0.25) is 0 Å². The predicted molar refractivity (Wildman–Crippen MR) is 91.8 cm³/mol. The lowest BCUT2D eigenvalue weighted by Gasteiger charge is -2.09. The molecule has 0 saturated heterocycles. The molecule has 122 valence electrons. The molecule has 0 bridgehead atoms. The molecular formula is C16H14BrN5O2. The molecule has 0 fully saturated rings. The summed E-state index contributed by atoms with van der Waals surface area (Å²) in [6.45, 7) is 1.99. The first kappa shape index (κ1) is 16.1. The van der Waals surface area contributed by atoms with E-state index in [9.17, 15) is 4.79 Å². The van der Waals surface area contributed by atoms with Crippen molar-refractivity contribution in [1.82, 2.24) is 19.7 Å². The number of hydrogen-bond acceptors (Lipinski definition) is 5. The molecule has 0 unspecified atom stereocenters. The second-order valence-corrected chi connectivity index (χ2v) is 5.69. The van der Waals surface area contributed by atoms with Crippen LogP contribution in [0.15, 0.2) is 53.3 Å². The van der Waals surface area contributed by atoms with Crippen molar-refractivity contribution in [3.05, 3.63) is 64.5 Å². The summed E-state index contributed by atoms with van der Waals surface area (Å²) in [6.07, 6.45) is 2.62. The van der Waals surface area contributed by atoms with Crippen LogP contribution in [0.4, 0.5) is 10.6 Å². The van der Waals surface area contributed by atoms with Gasteiger partial charge in [-0.05, 0) is 34.5 Å². The molecule has 0 saturated carbocycles. The Kier molecular flexibility index (Phi) is 4.85. The molecule has 0 aliphatic carbocycles. The largest absolute Gasteiger partial charge is 0.444 e. The molecule has 24 heavy (non-hydrogen) atoms. The molecule has 3 rings (SSSR count). The number of aromatic nitrogens is 4. The maximum atomic E-state index is 12.1. The van der Waals surface area contributed by atoms with Crippen molar-refractivity contribution in [3.63, 3.8) is 0 Å². The Morgan fingerprint density at radius 1 is 1.21 bits per heavy atom. The lowest BCUT2D eigenvalue weighted by molar-refractivity contribution is 0.155. The van der Waals surface area contributed by atoms with E-state index < -0.39 is 6.09 Å². The van der Waals surface area contributed by atoms with Crippen molar-refractivity contribution in [2.24, 2.45) is 0 Å². The quantitative estimate of drug-likeness (QED) is 0.740. The second kappa shape index (κ2) is 7.22. The zero-order chi connectivity index (χ0) is 16.9. The zero-order valence-corrected chi connectivity index (χ0v) is 14.4. The first-order chi connectivity index (χ1) is 11.6. The maximum Gasteiger partial charge on any atom is 0.413 e. The zero-order valence-electron chi connectivity index (χ0n) is 12.8. The molecule has 2 heterocycles. The molecule has 0 aliphatic rings. The number of benzene rings is 1. The van der Waals surface area contributed by atoms with Gasteiger partial charge in [0.1, 0.15) is 6.61 Å². The molecule has 8 heteroatoms. The average molecular weight is 388 g/mol. The van der Waals surface area contributed by atoms with Crippen molar-refractivity contribution in [2.75, 3.05) is 5.32 Å². The molecule has 0 spiro atoms. The van der Waals surface area contributed by atoms with E-state index in [1.807, 2.05) is 37.3 Å². The Hall–Kier alpha value is -2.74. The van der Waals surface area contributed by atoms with E-state index in [0.717, 1.165) is 5.56 Å². The van der Waals surface area contributed by atoms with Crippen LogP contribution in [0.2, 0.25) is 0 Å². The van der Waals surface area contributed by atoms with Crippen LogP contribution in [0.5, 0.6) is 0 Å². The minimum absolute atomic E-state index is 0.180. The van der Waals surface area contributed by atoms with E-state index in [4.69, 9.17) is 4.74 Å². The van der Waals surface area contributed by atoms with Gasteiger partial charge < -0.3 is 4.74 Å². The highest BCUT2D eigenvalue weighted by atomic mass is 79.9. The van der Waals surface area contributed by atoms with Gasteiger partial charge >= 0.3 is 6.09 Å². The SMILES string of the molecule is Cc1nn(-c2ncccn2)c(NC(=O)OCc2ccccc2)c1Br. The fourth-order valence-corrected chi connectivity index (χ4v) is 2.36. The van der Waals surface area contributed by atoms with Crippen molar-refractivity contribution in [1.29, 1.82) is 0 Å². The summed E-state index contributed by atoms with van der Waals surface area (Å²) in [7, 11) is 0. The molecule has 2 aromatic heterocycles. The van der Waals surface area contributed by atoms with Crippen LogP contribution < -0.4 is 5.32 Å². The predicted octanol–water partition coefficient (Wildman–Crippen LogP) is 3.48. The van der Waals surface area contributed by atoms with Gasteiger partial charge in [-0.2, -0.15) is 9.78 Å². The van der Waals surface area contributed by atoms with Crippen LogP contribution in [0.3, 0.4) is 0 Å². The summed E-state index contributed by atoms with van der Waals surface area (Å²) in [4.78, 5) is 20.4. The molecule has 7 nitrogen and oxygen atoms in total. The van der Waals surface area contributed by atoms with Crippen LogP contribution in [0.1, 0.15) is 11.3 Å². The third kappa shape index (κ3) is 3.60. The van der Waals surface area contributed by atoms with Gasteiger partial charge in [0, 0.05) is 12.4 Å². The van der Waals surface area contributed by atoms with Crippen LogP contribution in [0, 0.1) is 6.92 Å². The molecule has 3 aromatic rings. The highest BCUT2D eigenvalue weighted by Gasteiger charge is 2.18. The van der Waals surface area contributed by atoms with E-state index in [2.05, 4.69) is 36.3 Å². The maximum absolute atomic E-state index is 12.1. The average Bonchev–Trinajstić information content (AvgIpc) is 2.90. The van der Waals surface area contributed by atoms with E-state index >= 15 is 0 Å². The summed E-state index contributed by atoms with van der Waals surface area (Å²) in [6, 6.07) is 11.2. The first-order valence-electron chi connectivity index (χ1n) is 7.15. The Morgan fingerprint density at radius 3 is 2.62 bits per heavy atom. The van der Waals surface area contributed by atoms with Gasteiger partial charge in [-0.1, -0.05) is 30.3 Å². The monoisotopic (exact) mass is 387 g/mol. The van der Waals surface area contributed by atoms with Crippen LogP contribution >= 0.6 is 15.9 Å². The molecular weight excluding hydrogens is 374 g/mol.